The molecule has 7 heteroatoms. The molecular weight excluding hydrogens is 431 g/mol. The van der Waals surface area contributed by atoms with Crippen LogP contribution in [0.4, 0.5) is 0 Å². The quantitative estimate of drug-likeness (QED) is 0.216. The molecule has 0 heterocycles. The molecule has 0 aromatic heterocycles. The molecule has 1 rings (SSSR count). The maximum absolute atomic E-state index is 12.1. The third-order valence-corrected chi connectivity index (χ3v) is 3.58. The highest BCUT2D eigenvalue weighted by Gasteiger charge is 2.05. The number of unbranched alkanes of at least 4 members (excludes halogenated alkanes) is 3. The van der Waals surface area contributed by atoms with E-state index in [0.717, 1.165) is 18.9 Å². The molecule has 0 saturated carbocycles. The van der Waals surface area contributed by atoms with Gasteiger partial charge in [-0.15, -0.1) is 24.0 Å². The molecule has 1 aromatic carbocycles. The zero-order chi connectivity index (χ0) is 17.6. The van der Waals surface area contributed by atoms with Crippen molar-refractivity contribution in [2.75, 3.05) is 33.8 Å². The van der Waals surface area contributed by atoms with Gasteiger partial charge in [0.15, 0.2) is 5.96 Å². The van der Waals surface area contributed by atoms with Gasteiger partial charge in [0, 0.05) is 32.2 Å². The number of nitrogens with one attached hydrogen (secondary N) is 3. The molecule has 0 fully saturated rings. The maximum atomic E-state index is 12.1. The van der Waals surface area contributed by atoms with Gasteiger partial charge in [-0.05, 0) is 24.6 Å². The van der Waals surface area contributed by atoms with Crippen molar-refractivity contribution in [2.45, 2.75) is 32.6 Å². The van der Waals surface area contributed by atoms with Crippen molar-refractivity contribution in [2.24, 2.45) is 4.99 Å². The van der Waals surface area contributed by atoms with E-state index in [9.17, 15) is 4.79 Å². The molecule has 25 heavy (non-hydrogen) atoms. The first kappa shape index (κ1) is 23.5. The fraction of sp³-hybridized carbons (Fsp3) is 0.556. The Labute approximate surface area is 168 Å². The Bertz CT molecular complexity index is 524. The van der Waals surface area contributed by atoms with Gasteiger partial charge >= 0.3 is 0 Å². The summed E-state index contributed by atoms with van der Waals surface area (Å²) in [4.78, 5) is 16.2. The first-order valence-electron chi connectivity index (χ1n) is 8.58. The summed E-state index contributed by atoms with van der Waals surface area (Å²) in [5.41, 5.74) is 0.591. The number of ether oxygens (including phenoxy) is 1. The Hall–Kier alpha value is -1.51. The Kier molecular flexibility index (Phi) is 13.9. The molecule has 0 aliphatic heterocycles. The van der Waals surface area contributed by atoms with Gasteiger partial charge in [-0.3, -0.25) is 9.79 Å². The summed E-state index contributed by atoms with van der Waals surface area (Å²) in [6, 6.07) is 7.10. The highest BCUT2D eigenvalue weighted by molar-refractivity contribution is 14.0. The molecule has 6 nitrogen and oxygen atoms in total. The number of methoxy groups -OCH3 is 1. The molecule has 0 aliphatic carbocycles. The molecule has 1 aromatic rings. The smallest absolute Gasteiger partial charge is 0.251 e. The van der Waals surface area contributed by atoms with Crippen molar-refractivity contribution in [1.82, 2.24) is 16.0 Å². The first-order valence-corrected chi connectivity index (χ1v) is 8.58. The van der Waals surface area contributed by atoms with Gasteiger partial charge in [0.05, 0.1) is 7.11 Å². The number of halogens is 1. The molecule has 0 aliphatic rings. The maximum Gasteiger partial charge on any atom is 0.251 e. The van der Waals surface area contributed by atoms with Crippen LogP contribution in [0.1, 0.15) is 43.0 Å². The highest BCUT2D eigenvalue weighted by Crippen LogP contribution is 2.12. The van der Waals surface area contributed by atoms with E-state index in [4.69, 9.17) is 4.74 Å². The first-order chi connectivity index (χ1) is 11.7. The van der Waals surface area contributed by atoms with Crippen LogP contribution in [0.3, 0.4) is 0 Å². The van der Waals surface area contributed by atoms with E-state index in [1.54, 1.807) is 32.4 Å². The van der Waals surface area contributed by atoms with E-state index >= 15 is 0 Å². The van der Waals surface area contributed by atoms with Crippen LogP contribution < -0.4 is 20.7 Å². The number of hydrogen-bond acceptors (Lipinski definition) is 3. The van der Waals surface area contributed by atoms with E-state index in [1.807, 2.05) is 6.07 Å². The van der Waals surface area contributed by atoms with Gasteiger partial charge in [-0.25, -0.2) is 0 Å². The van der Waals surface area contributed by atoms with Crippen molar-refractivity contribution in [3.05, 3.63) is 29.8 Å². The molecule has 1 amide bonds. The van der Waals surface area contributed by atoms with Gasteiger partial charge in [0.2, 0.25) is 0 Å². The van der Waals surface area contributed by atoms with E-state index in [2.05, 4.69) is 27.9 Å². The van der Waals surface area contributed by atoms with Gasteiger partial charge in [-0.1, -0.05) is 32.3 Å². The summed E-state index contributed by atoms with van der Waals surface area (Å²) in [5, 5.41) is 9.34. The minimum atomic E-state index is -0.113. The average Bonchev–Trinajstić information content (AvgIpc) is 2.63. The Morgan fingerprint density at radius 1 is 1.08 bits per heavy atom. The number of amides is 1. The molecule has 0 unspecified atom stereocenters. The Morgan fingerprint density at radius 2 is 1.80 bits per heavy atom. The number of rotatable bonds is 10. The molecule has 0 radical (unpaired) electrons. The summed E-state index contributed by atoms with van der Waals surface area (Å²) in [6.45, 7) is 4.25. The fourth-order valence-corrected chi connectivity index (χ4v) is 2.20. The van der Waals surface area contributed by atoms with Crippen LogP contribution >= 0.6 is 24.0 Å². The van der Waals surface area contributed by atoms with Crippen LogP contribution in [0.5, 0.6) is 5.75 Å². The number of carbonyl (C=O) groups excluding carboxylic acids is 1. The molecular formula is C18H31IN4O2. The predicted molar refractivity (Wildman–Crippen MR) is 114 cm³/mol. The third-order valence-electron chi connectivity index (χ3n) is 3.58. The number of nitrogens with zero attached hydrogens (tertiary/aromatic N) is 1. The fourth-order valence-electron chi connectivity index (χ4n) is 2.20. The molecule has 0 saturated heterocycles. The number of hydrogen-bond donors (Lipinski definition) is 3. The number of guanidine groups is 1. The topological polar surface area (TPSA) is 74.8 Å². The normalized spacial score (nSPS) is 10.6. The summed E-state index contributed by atoms with van der Waals surface area (Å²) in [6.07, 6.45) is 4.88. The van der Waals surface area contributed by atoms with Crippen LogP contribution in [0, 0.1) is 0 Å². The number of carbonyl (C=O) groups is 1. The standard InChI is InChI=1S/C18H30N4O2.HI/c1-4-5-6-7-11-21-18(19-2)22-13-12-20-17(23)15-9-8-10-16(14-15)24-3;/h8-10,14H,4-7,11-13H2,1-3H3,(H,20,23)(H2,19,21,22);1H. The Balaban J connectivity index is 0.00000576. The zero-order valence-electron chi connectivity index (χ0n) is 15.4. The summed E-state index contributed by atoms with van der Waals surface area (Å²) in [7, 11) is 3.33. The minimum absolute atomic E-state index is 0. The van der Waals surface area contributed by atoms with Crippen LogP contribution in [0.25, 0.3) is 0 Å². The Morgan fingerprint density at radius 3 is 2.48 bits per heavy atom. The lowest BCUT2D eigenvalue weighted by atomic mass is 10.2. The lowest BCUT2D eigenvalue weighted by molar-refractivity contribution is 0.0954. The number of benzene rings is 1. The van der Waals surface area contributed by atoms with Crippen molar-refractivity contribution in [3.8, 4) is 5.75 Å². The molecule has 142 valence electrons. The second-order valence-electron chi connectivity index (χ2n) is 5.47. The number of aliphatic imine (C=N–C) groups is 1. The summed E-state index contributed by atoms with van der Waals surface area (Å²) < 4.78 is 5.12. The monoisotopic (exact) mass is 462 g/mol. The van der Waals surface area contributed by atoms with E-state index in [-0.39, 0.29) is 29.9 Å². The van der Waals surface area contributed by atoms with E-state index in [0.29, 0.717) is 24.4 Å². The predicted octanol–water partition coefficient (Wildman–Crippen LogP) is 2.79. The van der Waals surface area contributed by atoms with Gasteiger partial charge in [-0.2, -0.15) is 0 Å². The summed E-state index contributed by atoms with van der Waals surface area (Å²) in [5.74, 6) is 1.33. The second kappa shape index (κ2) is 14.8. The minimum Gasteiger partial charge on any atom is -0.497 e. The zero-order valence-corrected chi connectivity index (χ0v) is 17.8. The molecule has 0 bridgehead atoms. The van der Waals surface area contributed by atoms with Crippen molar-refractivity contribution >= 4 is 35.8 Å². The van der Waals surface area contributed by atoms with Gasteiger partial charge in [0.1, 0.15) is 5.75 Å². The third kappa shape index (κ3) is 10.2. The van der Waals surface area contributed by atoms with Crippen molar-refractivity contribution < 1.29 is 9.53 Å². The average molecular weight is 462 g/mol. The molecule has 0 spiro atoms. The van der Waals surface area contributed by atoms with Gasteiger partial charge < -0.3 is 20.7 Å². The largest absolute Gasteiger partial charge is 0.497 e. The van der Waals surface area contributed by atoms with Crippen molar-refractivity contribution in [3.63, 3.8) is 0 Å². The van der Waals surface area contributed by atoms with Crippen molar-refractivity contribution in [1.29, 1.82) is 0 Å². The van der Waals surface area contributed by atoms with E-state index in [1.165, 1.54) is 19.3 Å². The summed E-state index contributed by atoms with van der Waals surface area (Å²) >= 11 is 0. The van der Waals surface area contributed by atoms with Crippen LogP contribution in [-0.4, -0.2) is 45.7 Å². The van der Waals surface area contributed by atoms with Crippen LogP contribution in [-0.2, 0) is 0 Å². The molecule has 3 N–H and O–H groups in total. The van der Waals surface area contributed by atoms with E-state index < -0.39 is 0 Å². The highest BCUT2D eigenvalue weighted by atomic mass is 127. The van der Waals surface area contributed by atoms with Crippen LogP contribution in [0.15, 0.2) is 29.3 Å². The lowest BCUT2D eigenvalue weighted by Crippen LogP contribution is -2.41. The lowest BCUT2D eigenvalue weighted by Gasteiger charge is -2.12. The van der Waals surface area contributed by atoms with Crippen LogP contribution in [0.2, 0.25) is 0 Å². The SMILES string of the molecule is CCCCCCNC(=NC)NCCNC(=O)c1cccc(OC)c1.I. The second-order valence-corrected chi connectivity index (χ2v) is 5.47. The molecule has 0 atom stereocenters. The van der Waals surface area contributed by atoms with Gasteiger partial charge in [0.25, 0.3) is 5.91 Å².